The van der Waals surface area contributed by atoms with Gasteiger partial charge in [0.1, 0.15) is 5.75 Å². The molecule has 0 aliphatic carbocycles. The Morgan fingerprint density at radius 2 is 2.12 bits per heavy atom. The number of rotatable bonds is 7. The average Bonchev–Trinajstić information content (AvgIpc) is 3.20. The van der Waals surface area contributed by atoms with E-state index >= 15 is 0 Å². The summed E-state index contributed by atoms with van der Waals surface area (Å²) < 4.78 is 7.30. The summed E-state index contributed by atoms with van der Waals surface area (Å²) in [5.74, 6) is 1.18. The fourth-order valence-corrected chi connectivity index (χ4v) is 3.47. The van der Waals surface area contributed by atoms with Crippen LogP contribution in [0.5, 0.6) is 5.75 Å². The summed E-state index contributed by atoms with van der Waals surface area (Å²) in [7, 11) is 1.68. The first-order chi connectivity index (χ1) is 12.3. The van der Waals surface area contributed by atoms with Crippen LogP contribution in [0.4, 0.5) is 0 Å². The number of aryl methyl sites for hydroxylation is 1. The van der Waals surface area contributed by atoms with E-state index in [2.05, 4.69) is 21.7 Å². The predicted octanol–water partition coefficient (Wildman–Crippen LogP) is 3.47. The number of carbonyl (C=O) groups is 1. The van der Waals surface area contributed by atoms with Crippen molar-refractivity contribution in [3.63, 3.8) is 0 Å². The van der Waals surface area contributed by atoms with E-state index < -0.39 is 0 Å². The van der Waals surface area contributed by atoms with Crippen LogP contribution in [-0.2, 0) is 11.2 Å². The summed E-state index contributed by atoms with van der Waals surface area (Å²) in [6.45, 7) is 1.70. The summed E-state index contributed by atoms with van der Waals surface area (Å²) in [6, 6.07) is 8.55. The van der Waals surface area contributed by atoms with Crippen molar-refractivity contribution in [3.05, 3.63) is 48.5 Å². The summed E-state index contributed by atoms with van der Waals surface area (Å²) in [4.78, 5) is 18.6. The fourth-order valence-electron chi connectivity index (χ4n) is 3.47. The Balaban J connectivity index is 1.39. The summed E-state index contributed by atoms with van der Waals surface area (Å²) in [5.41, 5.74) is 1.30. The molecule has 1 aromatic heterocycles. The molecular formula is C20H27N3O2. The van der Waals surface area contributed by atoms with Crippen LogP contribution in [0.15, 0.2) is 43.0 Å². The van der Waals surface area contributed by atoms with Crippen LogP contribution in [0, 0.1) is 0 Å². The van der Waals surface area contributed by atoms with Gasteiger partial charge in [-0.05, 0) is 49.8 Å². The van der Waals surface area contributed by atoms with E-state index in [-0.39, 0.29) is 0 Å². The van der Waals surface area contributed by atoms with Crippen molar-refractivity contribution in [1.82, 2.24) is 14.5 Å². The van der Waals surface area contributed by atoms with Crippen LogP contribution in [0.1, 0.15) is 43.7 Å². The predicted molar refractivity (Wildman–Crippen MR) is 97.6 cm³/mol. The number of hydrogen-bond donors (Lipinski definition) is 0. The van der Waals surface area contributed by atoms with Crippen LogP contribution in [-0.4, -0.2) is 40.6 Å². The molecule has 1 aromatic carbocycles. The summed E-state index contributed by atoms with van der Waals surface area (Å²) >= 11 is 0. The average molecular weight is 341 g/mol. The molecule has 1 saturated heterocycles. The number of nitrogens with zero attached hydrogens (tertiary/aromatic N) is 3. The molecule has 5 nitrogen and oxygen atoms in total. The highest BCUT2D eigenvalue weighted by Gasteiger charge is 2.23. The third-order valence-electron chi connectivity index (χ3n) is 4.96. The van der Waals surface area contributed by atoms with E-state index in [1.165, 1.54) is 5.56 Å². The van der Waals surface area contributed by atoms with E-state index in [4.69, 9.17) is 4.74 Å². The molecule has 3 rings (SSSR count). The molecule has 1 aliphatic rings. The Morgan fingerprint density at radius 1 is 1.28 bits per heavy atom. The van der Waals surface area contributed by atoms with Crippen LogP contribution in [0.2, 0.25) is 0 Å². The molecular weight excluding hydrogens is 314 g/mol. The molecule has 0 N–H and O–H groups in total. The molecule has 0 radical (unpaired) electrons. The summed E-state index contributed by atoms with van der Waals surface area (Å²) in [5, 5.41) is 0. The molecule has 1 fully saturated rings. The maximum absolute atomic E-state index is 12.5. The monoisotopic (exact) mass is 341 g/mol. The lowest BCUT2D eigenvalue weighted by molar-refractivity contribution is -0.132. The fraction of sp³-hybridized carbons (Fsp3) is 0.500. The molecule has 0 saturated carbocycles. The molecule has 0 bridgehead atoms. The Morgan fingerprint density at radius 3 is 2.84 bits per heavy atom. The van der Waals surface area contributed by atoms with Crippen molar-refractivity contribution >= 4 is 5.91 Å². The number of methoxy groups -OCH3 is 1. The largest absolute Gasteiger partial charge is 0.497 e. The van der Waals surface area contributed by atoms with E-state index in [1.807, 2.05) is 29.6 Å². The van der Waals surface area contributed by atoms with Crippen molar-refractivity contribution in [2.24, 2.45) is 0 Å². The van der Waals surface area contributed by atoms with Gasteiger partial charge in [0.05, 0.1) is 19.5 Å². The smallest absolute Gasteiger partial charge is 0.222 e. The summed E-state index contributed by atoms with van der Waals surface area (Å²) in [6.07, 6.45) is 11.5. The number of ether oxygens (including phenoxy) is 1. The van der Waals surface area contributed by atoms with Gasteiger partial charge in [0, 0.05) is 31.9 Å². The lowest BCUT2D eigenvalue weighted by Crippen LogP contribution is -2.40. The number of piperidine rings is 1. The van der Waals surface area contributed by atoms with Gasteiger partial charge in [0.25, 0.3) is 0 Å². The van der Waals surface area contributed by atoms with Gasteiger partial charge in [-0.25, -0.2) is 4.98 Å². The van der Waals surface area contributed by atoms with Gasteiger partial charge in [-0.1, -0.05) is 12.1 Å². The van der Waals surface area contributed by atoms with Crippen molar-refractivity contribution in [2.45, 2.75) is 44.6 Å². The topological polar surface area (TPSA) is 47.4 Å². The number of benzene rings is 1. The maximum Gasteiger partial charge on any atom is 0.222 e. The second kappa shape index (κ2) is 8.70. The molecule has 2 aromatic rings. The SMILES string of the molecule is COc1ccc(CCCCC(=O)N2CCC[C@H](n3ccnc3)C2)cc1. The van der Waals surface area contributed by atoms with Crippen molar-refractivity contribution in [3.8, 4) is 5.75 Å². The Hall–Kier alpha value is -2.30. The van der Waals surface area contributed by atoms with Gasteiger partial charge in [0.15, 0.2) is 0 Å². The van der Waals surface area contributed by atoms with Crippen LogP contribution >= 0.6 is 0 Å². The molecule has 1 atom stereocenters. The van der Waals surface area contributed by atoms with Crippen LogP contribution in [0.25, 0.3) is 0 Å². The third-order valence-corrected chi connectivity index (χ3v) is 4.96. The second-order valence-corrected chi connectivity index (χ2v) is 6.70. The first-order valence-electron chi connectivity index (χ1n) is 9.14. The molecule has 25 heavy (non-hydrogen) atoms. The van der Waals surface area contributed by atoms with Gasteiger partial charge in [-0.3, -0.25) is 4.79 Å². The minimum Gasteiger partial charge on any atom is -0.497 e. The Kier molecular flexibility index (Phi) is 6.09. The molecule has 1 amide bonds. The van der Waals surface area contributed by atoms with Gasteiger partial charge in [-0.15, -0.1) is 0 Å². The quantitative estimate of drug-likeness (QED) is 0.725. The lowest BCUT2D eigenvalue weighted by Gasteiger charge is -2.33. The molecule has 0 spiro atoms. The maximum atomic E-state index is 12.5. The van der Waals surface area contributed by atoms with Crippen molar-refractivity contribution in [2.75, 3.05) is 20.2 Å². The van der Waals surface area contributed by atoms with Gasteiger partial charge in [0.2, 0.25) is 5.91 Å². The van der Waals surface area contributed by atoms with Crippen molar-refractivity contribution in [1.29, 1.82) is 0 Å². The molecule has 1 aliphatic heterocycles. The lowest BCUT2D eigenvalue weighted by atomic mass is 10.0. The highest BCUT2D eigenvalue weighted by atomic mass is 16.5. The Bertz CT molecular complexity index is 652. The van der Waals surface area contributed by atoms with E-state index in [0.717, 1.165) is 50.9 Å². The number of hydrogen-bond acceptors (Lipinski definition) is 3. The number of unbranched alkanes of at least 4 members (excludes halogenated alkanes) is 1. The molecule has 2 heterocycles. The second-order valence-electron chi connectivity index (χ2n) is 6.70. The van der Waals surface area contributed by atoms with Crippen molar-refractivity contribution < 1.29 is 9.53 Å². The van der Waals surface area contributed by atoms with E-state index in [1.54, 1.807) is 13.3 Å². The normalized spacial score (nSPS) is 17.5. The minimum absolute atomic E-state index is 0.291. The molecule has 5 heteroatoms. The zero-order valence-electron chi connectivity index (χ0n) is 14.9. The number of amides is 1. The number of imidazole rings is 1. The highest BCUT2D eigenvalue weighted by molar-refractivity contribution is 5.76. The highest BCUT2D eigenvalue weighted by Crippen LogP contribution is 2.22. The minimum atomic E-state index is 0.291. The van der Waals surface area contributed by atoms with E-state index in [0.29, 0.717) is 18.4 Å². The van der Waals surface area contributed by atoms with Crippen LogP contribution in [0.3, 0.4) is 0 Å². The molecule has 134 valence electrons. The molecule has 0 unspecified atom stereocenters. The zero-order valence-corrected chi connectivity index (χ0v) is 14.9. The first kappa shape index (κ1) is 17.5. The first-order valence-corrected chi connectivity index (χ1v) is 9.14. The number of aromatic nitrogens is 2. The van der Waals surface area contributed by atoms with Gasteiger partial charge in [-0.2, -0.15) is 0 Å². The van der Waals surface area contributed by atoms with Gasteiger partial charge >= 0.3 is 0 Å². The van der Waals surface area contributed by atoms with Crippen LogP contribution < -0.4 is 4.74 Å². The van der Waals surface area contributed by atoms with E-state index in [9.17, 15) is 4.79 Å². The Labute approximate surface area is 149 Å². The standard InChI is InChI=1S/C20H27N3O2/c1-25-19-10-8-17(9-11-19)5-2-3-7-20(24)22-13-4-6-18(15-22)23-14-12-21-16-23/h8-12,14,16,18H,2-7,13,15H2,1H3/t18-/m0/s1. The zero-order chi connectivity index (χ0) is 17.5. The number of carbonyl (C=O) groups excluding carboxylic acids is 1. The third kappa shape index (κ3) is 4.84. The number of likely N-dealkylation sites (tertiary alicyclic amines) is 1. The van der Waals surface area contributed by atoms with Gasteiger partial charge < -0.3 is 14.2 Å².